The summed E-state index contributed by atoms with van der Waals surface area (Å²) in [5, 5.41) is 2.97. The van der Waals surface area contributed by atoms with Gasteiger partial charge in [0.1, 0.15) is 5.78 Å². The molecule has 0 aromatic carbocycles. The molecule has 1 heterocycles. The van der Waals surface area contributed by atoms with E-state index >= 15 is 0 Å². The van der Waals surface area contributed by atoms with Crippen molar-refractivity contribution in [2.24, 2.45) is 0 Å². The van der Waals surface area contributed by atoms with Crippen LogP contribution in [0.4, 0.5) is 0 Å². The van der Waals surface area contributed by atoms with Crippen LogP contribution in [0.15, 0.2) is 18.0 Å². The molecule has 13 heavy (non-hydrogen) atoms. The van der Waals surface area contributed by atoms with Crippen LogP contribution in [-0.2, 0) is 11.2 Å². The van der Waals surface area contributed by atoms with Gasteiger partial charge in [-0.05, 0) is 13.3 Å². The lowest BCUT2D eigenvalue weighted by atomic mass is 10.1. The number of rotatable bonds is 5. The Bertz CT molecular complexity index is 304. The molecule has 0 radical (unpaired) electrons. The second-order valence-corrected chi connectivity index (χ2v) is 3.96. The van der Waals surface area contributed by atoms with Crippen LogP contribution in [0.3, 0.4) is 0 Å². The zero-order valence-corrected chi connectivity index (χ0v) is 8.56. The Labute approximate surface area is 82.3 Å². The van der Waals surface area contributed by atoms with Crippen LogP contribution in [0.25, 0.3) is 0 Å². The zero-order chi connectivity index (χ0) is 9.68. The number of aromatic nitrogens is 1. The average Bonchev–Trinajstić information content (AvgIpc) is 2.48. The van der Waals surface area contributed by atoms with Gasteiger partial charge in [-0.2, -0.15) is 0 Å². The summed E-state index contributed by atoms with van der Waals surface area (Å²) in [5.74, 6) is 0.241. The summed E-state index contributed by atoms with van der Waals surface area (Å²) in [7, 11) is 0. The van der Waals surface area contributed by atoms with Crippen molar-refractivity contribution in [1.29, 1.82) is 0 Å². The predicted molar refractivity (Wildman–Crippen MR) is 55.0 cm³/mol. The Balaban J connectivity index is 2.40. The van der Waals surface area contributed by atoms with E-state index in [0.29, 0.717) is 12.8 Å². The Hall–Kier alpha value is -0.960. The number of Topliss-reactive ketones (excluding diaryl/α,β-unsaturated/α-hetero) is 1. The molecule has 0 aliphatic carbocycles. The second kappa shape index (κ2) is 4.92. The molecule has 3 heteroatoms. The first-order valence-electron chi connectivity index (χ1n) is 4.26. The highest BCUT2D eigenvalue weighted by Crippen LogP contribution is 2.09. The number of hydrogen-bond donors (Lipinski definition) is 0. The van der Waals surface area contributed by atoms with Gasteiger partial charge in [-0.25, -0.2) is 4.98 Å². The molecule has 1 aromatic heterocycles. The second-order valence-electron chi connectivity index (χ2n) is 2.90. The molecule has 70 valence electrons. The van der Waals surface area contributed by atoms with Gasteiger partial charge in [0.05, 0.1) is 10.7 Å². The molecule has 2 nitrogen and oxygen atoms in total. The largest absolute Gasteiger partial charge is 0.299 e. The minimum Gasteiger partial charge on any atom is -0.299 e. The van der Waals surface area contributed by atoms with E-state index in [-0.39, 0.29) is 5.78 Å². The summed E-state index contributed by atoms with van der Waals surface area (Å²) in [5.41, 5.74) is 0.900. The van der Waals surface area contributed by atoms with Crippen molar-refractivity contribution in [2.45, 2.75) is 26.2 Å². The highest BCUT2D eigenvalue weighted by Gasteiger charge is 2.04. The maximum Gasteiger partial charge on any atom is 0.139 e. The third kappa shape index (κ3) is 3.51. The molecule has 0 atom stereocenters. The van der Waals surface area contributed by atoms with Crippen LogP contribution < -0.4 is 0 Å². The van der Waals surface area contributed by atoms with Gasteiger partial charge >= 0.3 is 0 Å². The summed E-state index contributed by atoms with van der Waals surface area (Å²) >= 11 is 1.59. The van der Waals surface area contributed by atoms with Crippen LogP contribution in [0.1, 0.15) is 23.5 Å². The first-order chi connectivity index (χ1) is 6.22. The first-order valence-corrected chi connectivity index (χ1v) is 5.14. The highest BCUT2D eigenvalue weighted by molar-refractivity contribution is 7.09. The van der Waals surface area contributed by atoms with Crippen molar-refractivity contribution in [3.8, 4) is 0 Å². The summed E-state index contributed by atoms with van der Waals surface area (Å²) < 4.78 is 0. The lowest BCUT2D eigenvalue weighted by Gasteiger charge is -1.94. The molecule has 0 fully saturated rings. The monoisotopic (exact) mass is 195 g/mol. The molecule has 0 aliphatic heterocycles. The third-order valence-corrected chi connectivity index (χ3v) is 2.49. The fourth-order valence-corrected chi connectivity index (χ4v) is 1.66. The van der Waals surface area contributed by atoms with E-state index in [1.165, 1.54) is 0 Å². The molecule has 0 amide bonds. The van der Waals surface area contributed by atoms with Crippen LogP contribution in [0.2, 0.25) is 0 Å². The molecule has 1 aromatic rings. The molecule has 0 spiro atoms. The van der Waals surface area contributed by atoms with Crippen molar-refractivity contribution in [2.75, 3.05) is 0 Å². The van der Waals surface area contributed by atoms with Crippen LogP contribution in [0.5, 0.6) is 0 Å². The Morgan fingerprint density at radius 3 is 3.08 bits per heavy atom. The Morgan fingerprint density at radius 1 is 1.77 bits per heavy atom. The maximum absolute atomic E-state index is 11.3. The summed E-state index contributed by atoms with van der Waals surface area (Å²) in [6, 6.07) is 0. The summed E-state index contributed by atoms with van der Waals surface area (Å²) in [4.78, 5) is 15.5. The van der Waals surface area contributed by atoms with E-state index in [9.17, 15) is 4.79 Å². The standard InChI is InChI=1S/C10H13NOS/c1-3-4-5-10(12)6-9-7-13-8(2)11-9/h3,7H,1,4-6H2,2H3. The predicted octanol–water partition coefficient (Wildman–Crippen LogP) is 2.53. The zero-order valence-electron chi connectivity index (χ0n) is 7.75. The highest BCUT2D eigenvalue weighted by atomic mass is 32.1. The van der Waals surface area contributed by atoms with E-state index in [2.05, 4.69) is 11.6 Å². The number of carbonyl (C=O) groups excluding carboxylic acids is 1. The Morgan fingerprint density at radius 2 is 2.54 bits per heavy atom. The van der Waals surface area contributed by atoms with E-state index in [1.807, 2.05) is 12.3 Å². The Kier molecular flexibility index (Phi) is 3.83. The van der Waals surface area contributed by atoms with Gasteiger partial charge < -0.3 is 0 Å². The lowest BCUT2D eigenvalue weighted by Crippen LogP contribution is -2.01. The van der Waals surface area contributed by atoms with Crippen molar-refractivity contribution in [1.82, 2.24) is 4.98 Å². The topological polar surface area (TPSA) is 30.0 Å². The van der Waals surface area contributed by atoms with Crippen LogP contribution in [0, 0.1) is 6.92 Å². The summed E-state index contributed by atoms with van der Waals surface area (Å²) in [6.45, 7) is 5.52. The number of nitrogens with zero attached hydrogens (tertiary/aromatic N) is 1. The van der Waals surface area contributed by atoms with E-state index in [1.54, 1.807) is 17.4 Å². The van der Waals surface area contributed by atoms with Crippen LogP contribution >= 0.6 is 11.3 Å². The van der Waals surface area contributed by atoms with Gasteiger partial charge in [0, 0.05) is 18.2 Å². The molecular formula is C10H13NOS. The molecule has 0 aliphatic rings. The molecule has 0 saturated carbocycles. The molecule has 0 bridgehead atoms. The quantitative estimate of drug-likeness (QED) is 0.676. The molecule has 0 unspecified atom stereocenters. The normalized spacial score (nSPS) is 9.92. The SMILES string of the molecule is C=CCCC(=O)Cc1csc(C)n1. The van der Waals surface area contributed by atoms with Crippen molar-refractivity contribution in [3.63, 3.8) is 0 Å². The number of ketones is 1. The number of hydrogen-bond acceptors (Lipinski definition) is 3. The molecule has 0 saturated heterocycles. The van der Waals surface area contributed by atoms with E-state index in [4.69, 9.17) is 0 Å². The van der Waals surface area contributed by atoms with Gasteiger partial charge in [-0.15, -0.1) is 17.9 Å². The van der Waals surface area contributed by atoms with Gasteiger partial charge in [-0.1, -0.05) is 6.08 Å². The fourth-order valence-electron chi connectivity index (χ4n) is 1.04. The molecule has 0 N–H and O–H groups in total. The fraction of sp³-hybridized carbons (Fsp3) is 0.400. The van der Waals surface area contributed by atoms with Crippen LogP contribution in [-0.4, -0.2) is 10.8 Å². The first kappa shape index (κ1) is 10.1. The van der Waals surface area contributed by atoms with Gasteiger partial charge in [0.2, 0.25) is 0 Å². The minimum atomic E-state index is 0.241. The molecule has 1 rings (SSSR count). The van der Waals surface area contributed by atoms with Gasteiger partial charge in [0.25, 0.3) is 0 Å². The molecular weight excluding hydrogens is 182 g/mol. The smallest absolute Gasteiger partial charge is 0.139 e. The number of carbonyl (C=O) groups is 1. The van der Waals surface area contributed by atoms with E-state index < -0.39 is 0 Å². The minimum absolute atomic E-state index is 0.241. The lowest BCUT2D eigenvalue weighted by molar-refractivity contribution is -0.118. The number of thiazole rings is 1. The third-order valence-electron chi connectivity index (χ3n) is 1.67. The summed E-state index contributed by atoms with van der Waals surface area (Å²) in [6.07, 6.45) is 3.59. The van der Waals surface area contributed by atoms with Crippen molar-refractivity contribution >= 4 is 17.1 Å². The van der Waals surface area contributed by atoms with E-state index in [0.717, 1.165) is 17.1 Å². The average molecular weight is 195 g/mol. The van der Waals surface area contributed by atoms with Gasteiger partial charge in [0.15, 0.2) is 0 Å². The number of aryl methyl sites for hydroxylation is 1. The maximum atomic E-state index is 11.3. The van der Waals surface area contributed by atoms with Crippen molar-refractivity contribution < 1.29 is 4.79 Å². The van der Waals surface area contributed by atoms with Gasteiger partial charge in [-0.3, -0.25) is 4.79 Å². The van der Waals surface area contributed by atoms with Crippen molar-refractivity contribution in [3.05, 3.63) is 28.7 Å². The number of allylic oxidation sites excluding steroid dienone is 1.